The van der Waals surface area contributed by atoms with E-state index in [0.29, 0.717) is 5.82 Å². The van der Waals surface area contributed by atoms with Crippen LogP contribution in [0.1, 0.15) is 0 Å². The topological polar surface area (TPSA) is 51.8 Å². The van der Waals surface area contributed by atoms with Crippen molar-refractivity contribution in [3.8, 4) is 56.3 Å². The number of benzene rings is 6. The van der Waals surface area contributed by atoms with Crippen molar-refractivity contribution in [1.29, 1.82) is 0 Å². The highest BCUT2D eigenvalue weighted by Crippen LogP contribution is 2.40. The Kier molecular flexibility index (Phi) is 6.43. The Balaban J connectivity index is 1.21. The van der Waals surface area contributed by atoms with Gasteiger partial charge in [0.2, 0.25) is 0 Å². The molecule has 220 valence electrons. The summed E-state index contributed by atoms with van der Waals surface area (Å²) in [6.45, 7) is 0. The summed E-state index contributed by atoms with van der Waals surface area (Å²) < 4.78 is 6.52. The van der Waals surface area contributed by atoms with Crippen LogP contribution in [0.15, 0.2) is 168 Å². The van der Waals surface area contributed by atoms with Crippen LogP contribution in [-0.2, 0) is 0 Å². The average molecular weight is 602 g/mol. The number of fused-ring (bicyclic) bond motifs is 5. The summed E-state index contributed by atoms with van der Waals surface area (Å²) in [6, 6.07) is 56.0. The molecule has 0 aliphatic rings. The Hall–Kier alpha value is -6.39. The molecule has 0 aliphatic heterocycles. The lowest BCUT2D eigenvalue weighted by Crippen LogP contribution is -1.96. The minimum atomic E-state index is 0.697. The highest BCUT2D eigenvalue weighted by Gasteiger charge is 2.19. The summed E-state index contributed by atoms with van der Waals surface area (Å²) in [5.74, 6) is 0.697. The first-order valence-corrected chi connectivity index (χ1v) is 15.7. The molecule has 0 spiro atoms. The lowest BCUT2D eigenvalue weighted by atomic mass is 9.98. The summed E-state index contributed by atoms with van der Waals surface area (Å²) in [5, 5.41) is 3.08. The number of hydrogen-bond donors (Lipinski definition) is 0. The van der Waals surface area contributed by atoms with Crippen molar-refractivity contribution >= 4 is 32.8 Å². The molecule has 0 aliphatic carbocycles. The minimum absolute atomic E-state index is 0.697. The fourth-order valence-electron chi connectivity index (χ4n) is 6.35. The number of rotatable bonds is 5. The number of aromatic nitrogens is 3. The van der Waals surface area contributed by atoms with Crippen LogP contribution in [0.4, 0.5) is 0 Å². The molecule has 0 saturated heterocycles. The van der Waals surface area contributed by atoms with Crippen LogP contribution in [0.5, 0.6) is 0 Å². The number of furan rings is 1. The Morgan fingerprint density at radius 1 is 0.383 bits per heavy atom. The van der Waals surface area contributed by atoms with Gasteiger partial charge in [-0.25, -0.2) is 15.0 Å². The van der Waals surface area contributed by atoms with Crippen molar-refractivity contribution in [3.63, 3.8) is 0 Å². The van der Waals surface area contributed by atoms with E-state index in [9.17, 15) is 0 Å². The molecular weight excluding hydrogens is 574 g/mol. The summed E-state index contributed by atoms with van der Waals surface area (Å²) in [7, 11) is 0. The maximum Gasteiger partial charge on any atom is 0.160 e. The second-order valence-electron chi connectivity index (χ2n) is 11.6. The highest BCUT2D eigenvalue weighted by molar-refractivity contribution is 6.19. The van der Waals surface area contributed by atoms with Crippen LogP contribution >= 0.6 is 0 Å². The van der Waals surface area contributed by atoms with E-state index in [0.717, 1.165) is 83.3 Å². The zero-order valence-electron chi connectivity index (χ0n) is 25.3. The summed E-state index contributed by atoms with van der Waals surface area (Å²) >= 11 is 0. The van der Waals surface area contributed by atoms with Gasteiger partial charge in [-0.2, -0.15) is 0 Å². The van der Waals surface area contributed by atoms with Gasteiger partial charge in [0.05, 0.1) is 28.0 Å². The Labute approximate surface area is 271 Å². The fraction of sp³-hybridized carbons (Fsp3) is 0. The van der Waals surface area contributed by atoms with Gasteiger partial charge in [-0.05, 0) is 35.4 Å². The van der Waals surface area contributed by atoms with Gasteiger partial charge in [0, 0.05) is 33.0 Å². The molecule has 0 fully saturated rings. The van der Waals surface area contributed by atoms with E-state index in [4.69, 9.17) is 19.4 Å². The molecule has 4 nitrogen and oxygen atoms in total. The Morgan fingerprint density at radius 2 is 0.936 bits per heavy atom. The second-order valence-corrected chi connectivity index (χ2v) is 11.6. The van der Waals surface area contributed by atoms with Gasteiger partial charge in [-0.3, -0.25) is 0 Å². The molecule has 47 heavy (non-hydrogen) atoms. The average Bonchev–Trinajstić information content (AvgIpc) is 3.55. The summed E-state index contributed by atoms with van der Waals surface area (Å²) in [6.07, 6.45) is 0. The van der Waals surface area contributed by atoms with E-state index < -0.39 is 0 Å². The minimum Gasteiger partial charge on any atom is -0.455 e. The van der Waals surface area contributed by atoms with Gasteiger partial charge in [0.15, 0.2) is 5.82 Å². The third-order valence-corrected chi connectivity index (χ3v) is 8.70. The molecule has 3 heterocycles. The predicted molar refractivity (Wildman–Crippen MR) is 192 cm³/mol. The van der Waals surface area contributed by atoms with Crippen LogP contribution in [0, 0.1) is 0 Å². The zero-order valence-corrected chi connectivity index (χ0v) is 25.3. The second kappa shape index (κ2) is 11.2. The maximum atomic E-state index is 6.52. The van der Waals surface area contributed by atoms with Gasteiger partial charge in [0.25, 0.3) is 0 Å². The predicted octanol–water partition coefficient (Wildman–Crippen LogP) is 11.3. The molecule has 6 aromatic carbocycles. The molecule has 0 unspecified atom stereocenters. The lowest BCUT2D eigenvalue weighted by Gasteiger charge is -2.11. The van der Waals surface area contributed by atoms with Crippen molar-refractivity contribution in [2.24, 2.45) is 0 Å². The van der Waals surface area contributed by atoms with Crippen molar-refractivity contribution in [2.45, 2.75) is 0 Å². The van der Waals surface area contributed by atoms with Crippen LogP contribution in [0.2, 0.25) is 0 Å². The Bertz CT molecular complexity index is 2480. The first kappa shape index (κ1) is 27.0. The van der Waals surface area contributed by atoms with Gasteiger partial charge >= 0.3 is 0 Å². The quantitative estimate of drug-likeness (QED) is 0.197. The molecule has 0 radical (unpaired) electrons. The van der Waals surface area contributed by atoms with Gasteiger partial charge in [-0.15, -0.1) is 0 Å². The van der Waals surface area contributed by atoms with Gasteiger partial charge in [0.1, 0.15) is 11.2 Å². The monoisotopic (exact) mass is 601 g/mol. The standard InChI is InChI=1S/C43H27N3O/c1-4-12-28(13-5-1)33-24-25-34-38(26-33)44-41(40-35-18-10-11-19-39(35)47-42(34)40)31-22-20-30(21-23-31)37-27-36(29-14-6-2-7-15-29)45-43(46-37)32-16-8-3-9-17-32/h1-27H. The van der Waals surface area contributed by atoms with E-state index in [1.54, 1.807) is 0 Å². The molecule has 0 bridgehead atoms. The summed E-state index contributed by atoms with van der Waals surface area (Å²) in [5.41, 5.74) is 11.6. The molecule has 0 atom stereocenters. The number of para-hydroxylation sites is 1. The van der Waals surface area contributed by atoms with Crippen LogP contribution < -0.4 is 0 Å². The molecule has 4 heteroatoms. The highest BCUT2D eigenvalue weighted by atomic mass is 16.3. The number of nitrogens with zero attached hydrogens (tertiary/aromatic N) is 3. The molecule has 0 amide bonds. The molecule has 0 N–H and O–H groups in total. The third-order valence-electron chi connectivity index (χ3n) is 8.70. The third kappa shape index (κ3) is 4.84. The lowest BCUT2D eigenvalue weighted by molar-refractivity contribution is 0.672. The maximum absolute atomic E-state index is 6.52. The number of pyridine rings is 1. The van der Waals surface area contributed by atoms with Crippen molar-refractivity contribution in [2.75, 3.05) is 0 Å². The number of hydrogen-bond acceptors (Lipinski definition) is 4. The van der Waals surface area contributed by atoms with E-state index in [2.05, 4.69) is 97.1 Å². The normalized spacial score (nSPS) is 11.4. The summed E-state index contributed by atoms with van der Waals surface area (Å²) in [4.78, 5) is 15.3. The molecular formula is C43H27N3O. The van der Waals surface area contributed by atoms with Crippen molar-refractivity contribution in [1.82, 2.24) is 15.0 Å². The van der Waals surface area contributed by atoms with E-state index >= 15 is 0 Å². The largest absolute Gasteiger partial charge is 0.455 e. The molecule has 9 rings (SSSR count). The van der Waals surface area contributed by atoms with Crippen molar-refractivity contribution < 1.29 is 4.42 Å². The van der Waals surface area contributed by atoms with E-state index in [1.165, 1.54) is 0 Å². The van der Waals surface area contributed by atoms with Gasteiger partial charge in [-0.1, -0.05) is 140 Å². The van der Waals surface area contributed by atoms with Crippen LogP contribution in [-0.4, -0.2) is 15.0 Å². The van der Waals surface area contributed by atoms with Crippen LogP contribution in [0.3, 0.4) is 0 Å². The molecule has 3 aromatic heterocycles. The first-order valence-electron chi connectivity index (χ1n) is 15.7. The van der Waals surface area contributed by atoms with Gasteiger partial charge < -0.3 is 4.42 Å². The Morgan fingerprint density at radius 3 is 1.64 bits per heavy atom. The zero-order chi connectivity index (χ0) is 31.2. The SMILES string of the molecule is c1ccc(-c2ccc3c(c2)nc(-c2ccc(-c4cc(-c5ccccc5)nc(-c5ccccc5)n4)cc2)c2c4ccccc4oc32)cc1. The first-order chi connectivity index (χ1) is 23.3. The fourth-order valence-corrected chi connectivity index (χ4v) is 6.35. The molecule has 0 saturated carbocycles. The smallest absolute Gasteiger partial charge is 0.160 e. The molecule has 9 aromatic rings. The van der Waals surface area contributed by atoms with E-state index in [-0.39, 0.29) is 0 Å². The van der Waals surface area contributed by atoms with E-state index in [1.807, 2.05) is 66.7 Å². The van der Waals surface area contributed by atoms with Crippen LogP contribution in [0.25, 0.3) is 89.1 Å². The van der Waals surface area contributed by atoms with Crippen molar-refractivity contribution in [3.05, 3.63) is 164 Å².